The fraction of sp³-hybridized carbons (Fsp3) is 0.412. The Bertz CT molecular complexity index is 620. The predicted octanol–water partition coefficient (Wildman–Crippen LogP) is 2.35. The van der Waals surface area contributed by atoms with Crippen molar-refractivity contribution in [3.05, 3.63) is 42.1 Å². The van der Waals surface area contributed by atoms with Crippen LogP contribution in [0.3, 0.4) is 0 Å². The van der Waals surface area contributed by atoms with Gasteiger partial charge >= 0.3 is 0 Å². The van der Waals surface area contributed by atoms with Crippen molar-refractivity contribution >= 4 is 16.8 Å². The van der Waals surface area contributed by atoms with E-state index in [2.05, 4.69) is 15.6 Å². The Balaban J connectivity index is 1.56. The predicted molar refractivity (Wildman–Crippen MR) is 84.3 cm³/mol. The number of piperidine rings is 1. The summed E-state index contributed by atoms with van der Waals surface area (Å²) in [6, 6.07) is 9.51. The molecule has 4 nitrogen and oxygen atoms in total. The maximum atomic E-state index is 12.2. The van der Waals surface area contributed by atoms with Crippen molar-refractivity contribution in [2.45, 2.75) is 19.3 Å². The van der Waals surface area contributed by atoms with Crippen molar-refractivity contribution in [1.29, 1.82) is 0 Å². The van der Waals surface area contributed by atoms with Crippen LogP contribution in [-0.2, 0) is 0 Å². The van der Waals surface area contributed by atoms with Crippen LogP contribution in [0.4, 0.5) is 0 Å². The highest BCUT2D eigenvalue weighted by atomic mass is 16.1. The van der Waals surface area contributed by atoms with Gasteiger partial charge in [-0.05, 0) is 62.5 Å². The van der Waals surface area contributed by atoms with Gasteiger partial charge in [0.05, 0.1) is 5.52 Å². The molecule has 1 aromatic heterocycles. The molecule has 3 rings (SSSR count). The van der Waals surface area contributed by atoms with Gasteiger partial charge in [0, 0.05) is 23.7 Å². The summed E-state index contributed by atoms with van der Waals surface area (Å²) in [6.45, 7) is 2.96. The van der Waals surface area contributed by atoms with Crippen LogP contribution >= 0.6 is 0 Å². The Morgan fingerprint density at radius 1 is 1.38 bits per heavy atom. The number of hydrogen-bond acceptors (Lipinski definition) is 3. The highest BCUT2D eigenvalue weighted by Gasteiger charge is 2.13. The van der Waals surface area contributed by atoms with E-state index in [-0.39, 0.29) is 5.91 Å². The van der Waals surface area contributed by atoms with E-state index in [0.29, 0.717) is 11.5 Å². The van der Waals surface area contributed by atoms with Gasteiger partial charge in [-0.1, -0.05) is 6.07 Å². The van der Waals surface area contributed by atoms with Crippen LogP contribution < -0.4 is 10.6 Å². The van der Waals surface area contributed by atoms with Crippen LogP contribution in [0.1, 0.15) is 29.6 Å². The van der Waals surface area contributed by atoms with Crippen molar-refractivity contribution in [2.75, 3.05) is 19.6 Å². The van der Waals surface area contributed by atoms with Gasteiger partial charge in [-0.2, -0.15) is 0 Å². The molecule has 1 aliphatic heterocycles. The largest absolute Gasteiger partial charge is 0.352 e. The third kappa shape index (κ3) is 3.58. The minimum Gasteiger partial charge on any atom is -0.352 e. The number of carbonyl (C=O) groups is 1. The van der Waals surface area contributed by atoms with Gasteiger partial charge < -0.3 is 10.6 Å². The van der Waals surface area contributed by atoms with E-state index in [4.69, 9.17) is 0 Å². The summed E-state index contributed by atoms with van der Waals surface area (Å²) in [5.41, 5.74) is 1.62. The number of hydrogen-bond donors (Lipinski definition) is 2. The molecule has 1 fully saturated rings. The third-order valence-corrected chi connectivity index (χ3v) is 4.10. The van der Waals surface area contributed by atoms with Crippen LogP contribution in [0.2, 0.25) is 0 Å². The second kappa shape index (κ2) is 6.68. The minimum absolute atomic E-state index is 0.00419. The number of rotatable bonds is 4. The molecule has 4 heteroatoms. The van der Waals surface area contributed by atoms with Gasteiger partial charge in [-0.15, -0.1) is 0 Å². The Kier molecular flexibility index (Phi) is 4.46. The second-order valence-corrected chi connectivity index (χ2v) is 5.67. The summed E-state index contributed by atoms with van der Waals surface area (Å²) in [5.74, 6) is 0.698. The van der Waals surface area contributed by atoms with Crippen molar-refractivity contribution in [3.8, 4) is 0 Å². The normalized spacial score (nSPS) is 18.6. The molecule has 1 unspecified atom stereocenters. The van der Waals surface area contributed by atoms with Crippen LogP contribution in [0.5, 0.6) is 0 Å². The van der Waals surface area contributed by atoms with Gasteiger partial charge in [-0.3, -0.25) is 9.78 Å². The van der Waals surface area contributed by atoms with Crippen molar-refractivity contribution < 1.29 is 4.79 Å². The lowest BCUT2D eigenvalue weighted by Gasteiger charge is -2.22. The van der Waals surface area contributed by atoms with E-state index >= 15 is 0 Å². The molecule has 2 N–H and O–H groups in total. The lowest BCUT2D eigenvalue weighted by molar-refractivity contribution is 0.0951. The first-order valence-corrected chi connectivity index (χ1v) is 7.66. The number of nitrogens with zero attached hydrogens (tertiary/aromatic N) is 1. The first-order valence-electron chi connectivity index (χ1n) is 7.66. The van der Waals surface area contributed by atoms with Crippen molar-refractivity contribution in [3.63, 3.8) is 0 Å². The second-order valence-electron chi connectivity index (χ2n) is 5.67. The maximum Gasteiger partial charge on any atom is 0.251 e. The topological polar surface area (TPSA) is 54.0 Å². The van der Waals surface area contributed by atoms with E-state index < -0.39 is 0 Å². The van der Waals surface area contributed by atoms with Crippen LogP contribution in [0, 0.1) is 5.92 Å². The molecule has 21 heavy (non-hydrogen) atoms. The number of benzene rings is 1. The monoisotopic (exact) mass is 283 g/mol. The van der Waals surface area contributed by atoms with Crippen LogP contribution in [0.25, 0.3) is 10.9 Å². The Hall–Kier alpha value is -1.94. The van der Waals surface area contributed by atoms with Crippen molar-refractivity contribution in [1.82, 2.24) is 15.6 Å². The first-order chi connectivity index (χ1) is 10.3. The molecule has 2 heterocycles. The van der Waals surface area contributed by atoms with E-state index in [1.165, 1.54) is 12.8 Å². The number of pyridine rings is 1. The average molecular weight is 283 g/mol. The van der Waals surface area contributed by atoms with Gasteiger partial charge in [0.25, 0.3) is 5.91 Å². The van der Waals surface area contributed by atoms with E-state index in [1.54, 1.807) is 6.20 Å². The van der Waals surface area contributed by atoms with Crippen LogP contribution in [-0.4, -0.2) is 30.5 Å². The zero-order chi connectivity index (χ0) is 14.5. The number of aromatic nitrogens is 1. The first kappa shape index (κ1) is 14.0. The Morgan fingerprint density at radius 3 is 3.19 bits per heavy atom. The summed E-state index contributed by atoms with van der Waals surface area (Å²) in [7, 11) is 0. The maximum absolute atomic E-state index is 12.2. The molecular formula is C17H21N3O. The van der Waals surface area contributed by atoms with Gasteiger partial charge in [0.15, 0.2) is 0 Å². The molecule has 1 aromatic carbocycles. The highest BCUT2D eigenvalue weighted by Crippen LogP contribution is 2.14. The lowest BCUT2D eigenvalue weighted by Crippen LogP contribution is -2.33. The van der Waals surface area contributed by atoms with Crippen molar-refractivity contribution in [2.24, 2.45) is 5.92 Å². The molecule has 110 valence electrons. The number of carbonyl (C=O) groups excluding carboxylic acids is 1. The zero-order valence-corrected chi connectivity index (χ0v) is 12.1. The summed E-state index contributed by atoms with van der Waals surface area (Å²) < 4.78 is 0. The average Bonchev–Trinajstić information content (AvgIpc) is 2.55. The van der Waals surface area contributed by atoms with E-state index in [1.807, 2.05) is 30.3 Å². The smallest absolute Gasteiger partial charge is 0.251 e. The minimum atomic E-state index is 0.00419. The van der Waals surface area contributed by atoms with Gasteiger partial charge in [-0.25, -0.2) is 0 Å². The summed E-state index contributed by atoms with van der Waals surface area (Å²) >= 11 is 0. The molecular weight excluding hydrogens is 262 g/mol. The highest BCUT2D eigenvalue weighted by molar-refractivity contribution is 5.97. The van der Waals surface area contributed by atoms with Gasteiger partial charge in [0.1, 0.15) is 0 Å². The Morgan fingerprint density at radius 2 is 2.33 bits per heavy atom. The van der Waals surface area contributed by atoms with E-state index in [9.17, 15) is 4.79 Å². The molecule has 0 saturated carbocycles. The number of amides is 1. The third-order valence-electron chi connectivity index (χ3n) is 4.10. The molecule has 1 saturated heterocycles. The van der Waals surface area contributed by atoms with Crippen LogP contribution in [0.15, 0.2) is 36.5 Å². The molecule has 1 amide bonds. The molecule has 0 bridgehead atoms. The summed E-state index contributed by atoms with van der Waals surface area (Å²) in [5, 5.41) is 7.43. The molecule has 0 spiro atoms. The molecule has 1 atom stereocenters. The fourth-order valence-electron chi connectivity index (χ4n) is 2.88. The lowest BCUT2D eigenvalue weighted by atomic mass is 9.96. The Labute approximate surface area is 125 Å². The quantitative estimate of drug-likeness (QED) is 0.905. The number of fused-ring (bicyclic) bond motifs is 1. The molecule has 2 aromatic rings. The molecule has 0 aliphatic carbocycles. The standard InChI is InChI=1S/C17H21N3O/c21-17(20-10-7-13-3-1-8-18-12-13)15-5-6-16-14(11-15)4-2-9-19-16/h2,4-6,9,11,13,18H,1,3,7-8,10,12H2,(H,20,21). The van der Waals surface area contributed by atoms with Gasteiger partial charge in [0.2, 0.25) is 0 Å². The SMILES string of the molecule is O=C(NCCC1CCCNC1)c1ccc2ncccc2c1. The summed E-state index contributed by atoms with van der Waals surface area (Å²) in [4.78, 5) is 16.4. The summed E-state index contributed by atoms with van der Waals surface area (Å²) in [6.07, 6.45) is 5.33. The molecule has 1 aliphatic rings. The zero-order valence-electron chi connectivity index (χ0n) is 12.1. The van der Waals surface area contributed by atoms with E-state index in [0.717, 1.165) is 37.0 Å². The molecule has 0 radical (unpaired) electrons. The number of nitrogens with one attached hydrogen (secondary N) is 2. The fourth-order valence-corrected chi connectivity index (χ4v) is 2.88.